The standard InChI is InChI=1S/C20H32O3/c1-4-6-7-8-9-10-18-15-22-20(23-16(18)3)17-11-13-19(14-12-17)21-5-2/h11-14,16,18,20H,4-10,15H2,1-3H3. The molecule has 0 bridgehead atoms. The number of rotatable bonds is 9. The Hall–Kier alpha value is -1.06. The number of hydrogen-bond donors (Lipinski definition) is 0. The molecular formula is C20H32O3. The van der Waals surface area contributed by atoms with Gasteiger partial charge in [-0.05, 0) is 32.4 Å². The number of benzene rings is 1. The largest absolute Gasteiger partial charge is 0.494 e. The molecule has 1 aromatic rings. The molecule has 130 valence electrons. The van der Waals surface area contributed by atoms with E-state index in [9.17, 15) is 0 Å². The number of ether oxygens (including phenoxy) is 3. The molecule has 0 aromatic heterocycles. The van der Waals surface area contributed by atoms with E-state index < -0.39 is 0 Å². The summed E-state index contributed by atoms with van der Waals surface area (Å²) >= 11 is 0. The smallest absolute Gasteiger partial charge is 0.184 e. The van der Waals surface area contributed by atoms with Crippen LogP contribution < -0.4 is 4.74 Å². The number of hydrogen-bond acceptors (Lipinski definition) is 3. The molecule has 23 heavy (non-hydrogen) atoms. The Labute approximate surface area is 141 Å². The molecule has 1 aromatic carbocycles. The number of unbranched alkanes of at least 4 members (excludes halogenated alkanes) is 4. The highest BCUT2D eigenvalue weighted by Crippen LogP contribution is 2.32. The Kier molecular flexibility index (Phi) is 7.90. The van der Waals surface area contributed by atoms with E-state index in [1.54, 1.807) is 0 Å². The minimum atomic E-state index is -0.239. The zero-order valence-electron chi connectivity index (χ0n) is 14.9. The van der Waals surface area contributed by atoms with Crippen molar-refractivity contribution in [3.05, 3.63) is 29.8 Å². The zero-order valence-corrected chi connectivity index (χ0v) is 14.9. The summed E-state index contributed by atoms with van der Waals surface area (Å²) in [5, 5.41) is 0. The summed E-state index contributed by atoms with van der Waals surface area (Å²) in [6.45, 7) is 7.91. The van der Waals surface area contributed by atoms with Gasteiger partial charge in [-0.1, -0.05) is 51.2 Å². The summed E-state index contributed by atoms with van der Waals surface area (Å²) in [4.78, 5) is 0. The van der Waals surface area contributed by atoms with E-state index in [2.05, 4.69) is 13.8 Å². The van der Waals surface area contributed by atoms with Gasteiger partial charge in [-0.2, -0.15) is 0 Å². The van der Waals surface area contributed by atoms with Crippen molar-refractivity contribution in [1.29, 1.82) is 0 Å². The lowest BCUT2D eigenvalue weighted by molar-refractivity contribution is -0.237. The summed E-state index contributed by atoms with van der Waals surface area (Å²) < 4.78 is 17.5. The molecule has 0 spiro atoms. The van der Waals surface area contributed by atoms with E-state index in [4.69, 9.17) is 14.2 Å². The van der Waals surface area contributed by atoms with Crippen molar-refractivity contribution >= 4 is 0 Å². The van der Waals surface area contributed by atoms with Crippen LogP contribution >= 0.6 is 0 Å². The van der Waals surface area contributed by atoms with Crippen LogP contribution in [0.25, 0.3) is 0 Å². The fourth-order valence-electron chi connectivity index (χ4n) is 3.08. The predicted molar refractivity (Wildman–Crippen MR) is 93.7 cm³/mol. The summed E-state index contributed by atoms with van der Waals surface area (Å²) in [5.74, 6) is 1.42. The molecule has 0 amide bonds. The van der Waals surface area contributed by atoms with E-state index in [1.807, 2.05) is 31.2 Å². The zero-order chi connectivity index (χ0) is 16.5. The average Bonchev–Trinajstić information content (AvgIpc) is 2.57. The normalized spacial score (nSPS) is 24.6. The second-order valence-electron chi connectivity index (χ2n) is 6.47. The van der Waals surface area contributed by atoms with Crippen LogP contribution in [0.1, 0.15) is 71.1 Å². The lowest BCUT2D eigenvalue weighted by atomic mass is 9.95. The van der Waals surface area contributed by atoms with E-state index in [0.717, 1.165) is 17.9 Å². The van der Waals surface area contributed by atoms with Gasteiger partial charge in [0.15, 0.2) is 6.29 Å². The predicted octanol–water partition coefficient (Wildman–Crippen LogP) is 5.50. The Morgan fingerprint density at radius 3 is 2.43 bits per heavy atom. The van der Waals surface area contributed by atoms with Crippen LogP contribution in [0.5, 0.6) is 5.75 Å². The highest BCUT2D eigenvalue weighted by Gasteiger charge is 2.29. The molecule has 1 aliphatic rings. The average molecular weight is 320 g/mol. The fourth-order valence-corrected chi connectivity index (χ4v) is 3.08. The van der Waals surface area contributed by atoms with E-state index >= 15 is 0 Å². The summed E-state index contributed by atoms with van der Waals surface area (Å²) in [5.41, 5.74) is 1.07. The van der Waals surface area contributed by atoms with E-state index in [1.165, 1.54) is 38.5 Å². The highest BCUT2D eigenvalue weighted by molar-refractivity contribution is 5.28. The van der Waals surface area contributed by atoms with E-state index in [-0.39, 0.29) is 12.4 Å². The fraction of sp³-hybridized carbons (Fsp3) is 0.700. The Morgan fingerprint density at radius 2 is 1.78 bits per heavy atom. The minimum absolute atomic E-state index is 0.239. The van der Waals surface area contributed by atoms with Gasteiger partial charge in [0.05, 0.1) is 19.3 Å². The molecule has 1 heterocycles. The van der Waals surface area contributed by atoms with Crippen LogP contribution in [0.2, 0.25) is 0 Å². The van der Waals surface area contributed by atoms with Crippen molar-refractivity contribution in [2.75, 3.05) is 13.2 Å². The van der Waals surface area contributed by atoms with Crippen molar-refractivity contribution in [2.45, 2.75) is 71.7 Å². The van der Waals surface area contributed by atoms with Crippen molar-refractivity contribution in [3.8, 4) is 5.75 Å². The van der Waals surface area contributed by atoms with E-state index in [0.29, 0.717) is 12.5 Å². The van der Waals surface area contributed by atoms with Gasteiger partial charge in [-0.15, -0.1) is 0 Å². The lowest BCUT2D eigenvalue weighted by Crippen LogP contribution is -2.34. The van der Waals surface area contributed by atoms with Gasteiger partial charge in [0.25, 0.3) is 0 Å². The molecule has 1 saturated heterocycles. The topological polar surface area (TPSA) is 27.7 Å². The Bertz CT molecular complexity index is 429. The third kappa shape index (κ3) is 5.82. The monoisotopic (exact) mass is 320 g/mol. The van der Waals surface area contributed by atoms with Crippen LogP contribution in [0.3, 0.4) is 0 Å². The van der Waals surface area contributed by atoms with Crippen LogP contribution in [0.4, 0.5) is 0 Å². The molecule has 0 radical (unpaired) electrons. The lowest BCUT2D eigenvalue weighted by Gasteiger charge is -2.35. The van der Waals surface area contributed by atoms with Gasteiger partial charge in [-0.3, -0.25) is 0 Å². The van der Waals surface area contributed by atoms with Crippen LogP contribution in [0, 0.1) is 5.92 Å². The summed E-state index contributed by atoms with van der Waals surface area (Å²) in [6.07, 6.45) is 7.86. The van der Waals surface area contributed by atoms with Gasteiger partial charge in [0.1, 0.15) is 5.75 Å². The second-order valence-corrected chi connectivity index (χ2v) is 6.47. The maximum Gasteiger partial charge on any atom is 0.184 e. The van der Waals surface area contributed by atoms with Gasteiger partial charge in [-0.25, -0.2) is 0 Å². The van der Waals surface area contributed by atoms with Crippen LogP contribution in [-0.4, -0.2) is 19.3 Å². The van der Waals surface area contributed by atoms with Crippen LogP contribution in [0.15, 0.2) is 24.3 Å². The third-order valence-electron chi connectivity index (χ3n) is 4.61. The molecule has 0 N–H and O–H groups in total. The third-order valence-corrected chi connectivity index (χ3v) is 4.61. The van der Waals surface area contributed by atoms with Gasteiger partial charge in [0.2, 0.25) is 0 Å². The van der Waals surface area contributed by atoms with Gasteiger partial charge < -0.3 is 14.2 Å². The first-order valence-corrected chi connectivity index (χ1v) is 9.24. The molecule has 3 nitrogen and oxygen atoms in total. The van der Waals surface area contributed by atoms with Crippen molar-refractivity contribution in [1.82, 2.24) is 0 Å². The Morgan fingerprint density at radius 1 is 1.04 bits per heavy atom. The Balaban J connectivity index is 1.76. The quantitative estimate of drug-likeness (QED) is 0.563. The molecule has 1 fully saturated rings. The van der Waals surface area contributed by atoms with Crippen molar-refractivity contribution in [2.24, 2.45) is 5.92 Å². The first-order chi connectivity index (χ1) is 11.2. The van der Waals surface area contributed by atoms with Gasteiger partial charge in [0, 0.05) is 11.5 Å². The maximum absolute atomic E-state index is 6.10. The van der Waals surface area contributed by atoms with Crippen molar-refractivity contribution in [3.63, 3.8) is 0 Å². The summed E-state index contributed by atoms with van der Waals surface area (Å²) in [7, 11) is 0. The van der Waals surface area contributed by atoms with Gasteiger partial charge >= 0.3 is 0 Å². The van der Waals surface area contributed by atoms with Crippen molar-refractivity contribution < 1.29 is 14.2 Å². The molecule has 3 atom stereocenters. The first-order valence-electron chi connectivity index (χ1n) is 9.24. The SMILES string of the molecule is CCCCCCCC1COC(c2ccc(OCC)cc2)OC1C. The molecule has 0 aliphatic carbocycles. The second kappa shape index (κ2) is 9.94. The maximum atomic E-state index is 6.10. The molecule has 3 heteroatoms. The first kappa shape index (κ1) is 18.3. The molecular weight excluding hydrogens is 288 g/mol. The molecule has 3 unspecified atom stereocenters. The molecule has 0 saturated carbocycles. The summed E-state index contributed by atoms with van der Waals surface area (Å²) in [6, 6.07) is 8.03. The molecule has 1 aliphatic heterocycles. The molecule has 2 rings (SSSR count). The minimum Gasteiger partial charge on any atom is -0.494 e. The van der Waals surface area contributed by atoms with Crippen LogP contribution in [-0.2, 0) is 9.47 Å². The highest BCUT2D eigenvalue weighted by atomic mass is 16.7.